The van der Waals surface area contributed by atoms with Gasteiger partial charge in [-0.25, -0.2) is 18.7 Å². The van der Waals surface area contributed by atoms with E-state index in [4.69, 9.17) is 15.2 Å². The number of nitrogens with two attached hydrogens (primary N) is 1. The van der Waals surface area contributed by atoms with Gasteiger partial charge >= 0.3 is 0 Å². The zero-order chi connectivity index (χ0) is 30.0. The number of carbonyl (C=O) groups excluding carboxylic acids is 2. The van der Waals surface area contributed by atoms with Crippen LogP contribution in [-0.4, -0.2) is 59.1 Å². The quantitative estimate of drug-likeness (QED) is 0.381. The zero-order valence-electron chi connectivity index (χ0n) is 23.5. The fraction of sp³-hybridized carbons (Fsp3) is 0.355. The van der Waals surface area contributed by atoms with Gasteiger partial charge in [0, 0.05) is 24.9 Å². The molecule has 218 valence electrons. The van der Waals surface area contributed by atoms with Crippen molar-refractivity contribution in [2.24, 2.45) is 0 Å². The lowest BCUT2D eigenvalue weighted by atomic mass is 10.0. The molecule has 1 saturated heterocycles. The summed E-state index contributed by atoms with van der Waals surface area (Å²) in [4.78, 5) is 35.6. The summed E-state index contributed by atoms with van der Waals surface area (Å²) in [7, 11) is 1.57. The summed E-state index contributed by atoms with van der Waals surface area (Å²) < 4.78 is 41.6. The number of nitrogen functional groups attached to an aromatic ring is 1. The van der Waals surface area contributed by atoms with Crippen molar-refractivity contribution >= 4 is 23.3 Å². The van der Waals surface area contributed by atoms with Crippen LogP contribution in [0.25, 0.3) is 11.3 Å². The molecular weight excluding hydrogens is 544 g/mol. The average molecular weight is 576 g/mol. The zero-order valence-corrected chi connectivity index (χ0v) is 23.5. The second kappa shape index (κ2) is 12.1. The van der Waals surface area contributed by atoms with Gasteiger partial charge in [0.2, 0.25) is 0 Å². The van der Waals surface area contributed by atoms with E-state index in [1.54, 1.807) is 38.0 Å². The van der Waals surface area contributed by atoms with Gasteiger partial charge in [-0.15, -0.1) is 0 Å². The maximum absolute atomic E-state index is 15.1. The Morgan fingerprint density at radius 2 is 2.00 bits per heavy atom. The first kappa shape index (κ1) is 29.0. The lowest BCUT2D eigenvalue weighted by Crippen LogP contribution is -2.38. The van der Waals surface area contributed by atoms with E-state index < -0.39 is 17.5 Å². The van der Waals surface area contributed by atoms with Gasteiger partial charge in [0.25, 0.3) is 11.8 Å². The fourth-order valence-corrected chi connectivity index (χ4v) is 5.21. The van der Waals surface area contributed by atoms with Crippen LogP contribution in [0.15, 0.2) is 36.7 Å². The summed E-state index contributed by atoms with van der Waals surface area (Å²) in [5.41, 5.74) is 7.67. The summed E-state index contributed by atoms with van der Waals surface area (Å²) in [6, 6.07) is 6.78. The molecule has 0 spiro atoms. The van der Waals surface area contributed by atoms with Crippen LogP contribution in [0, 0.1) is 30.4 Å². The highest BCUT2D eigenvalue weighted by molar-refractivity contribution is 6.05. The van der Waals surface area contributed by atoms with Crippen LogP contribution >= 0.6 is 0 Å². The summed E-state index contributed by atoms with van der Waals surface area (Å²) in [6.07, 6.45) is 3.33. The van der Waals surface area contributed by atoms with E-state index in [2.05, 4.69) is 27.1 Å². The third-order valence-corrected chi connectivity index (χ3v) is 7.62. The summed E-state index contributed by atoms with van der Waals surface area (Å²) in [6.45, 7) is 3.66. The van der Waals surface area contributed by atoms with Crippen molar-refractivity contribution in [2.75, 3.05) is 31.3 Å². The maximum Gasteiger partial charge on any atom is 0.298 e. The molecule has 2 atom stereocenters. The van der Waals surface area contributed by atoms with Gasteiger partial charge in [0.15, 0.2) is 11.6 Å². The number of nitrogens with one attached hydrogen (secondary N) is 1. The maximum atomic E-state index is 15.1. The number of amides is 2. The Bertz CT molecular complexity index is 1600. The standard InChI is InChI=1S/C31H31F2N5O4/c1-4-6-26(39)38-14-21(41-3)13-20(38)15-42-29-28(35-16-36-30(29)34)24-11-19(32)12-25(17(24)2)37-31(40)23-8-5-7-22(27(23)33)18-9-10-18/h5,7-8,11-12,16,18,20-21H,9-10,13-15H2,1-3H3,(H,37,40)(H2,34,35,36)/t20-,21-/m0/s1. The van der Waals surface area contributed by atoms with Crippen LogP contribution in [0.5, 0.6) is 5.75 Å². The van der Waals surface area contributed by atoms with Crippen molar-refractivity contribution in [1.82, 2.24) is 14.9 Å². The van der Waals surface area contributed by atoms with Gasteiger partial charge < -0.3 is 25.4 Å². The molecule has 3 aromatic rings. The minimum absolute atomic E-state index is 0.0146. The molecule has 5 rings (SSSR count). The van der Waals surface area contributed by atoms with E-state index >= 15 is 4.39 Å². The smallest absolute Gasteiger partial charge is 0.298 e. The Morgan fingerprint density at radius 1 is 1.21 bits per heavy atom. The lowest BCUT2D eigenvalue weighted by Gasteiger charge is -2.23. The van der Waals surface area contributed by atoms with Gasteiger partial charge in [0.1, 0.15) is 30.3 Å². The van der Waals surface area contributed by atoms with Crippen LogP contribution in [0.4, 0.5) is 20.3 Å². The minimum atomic E-state index is -0.692. The van der Waals surface area contributed by atoms with E-state index in [1.807, 2.05) is 0 Å². The predicted octanol–water partition coefficient (Wildman–Crippen LogP) is 4.46. The number of hydrogen-bond donors (Lipinski definition) is 2. The van der Waals surface area contributed by atoms with Crippen molar-refractivity contribution in [3.63, 3.8) is 0 Å². The molecule has 2 fully saturated rings. The van der Waals surface area contributed by atoms with Crippen molar-refractivity contribution in [1.29, 1.82) is 0 Å². The number of rotatable bonds is 8. The van der Waals surface area contributed by atoms with Gasteiger partial charge in [-0.1, -0.05) is 18.1 Å². The van der Waals surface area contributed by atoms with Crippen molar-refractivity contribution < 1.29 is 27.8 Å². The number of halogens is 2. The molecule has 1 aromatic heterocycles. The monoisotopic (exact) mass is 575 g/mol. The third kappa shape index (κ3) is 5.90. The fourth-order valence-electron chi connectivity index (χ4n) is 5.21. The molecule has 42 heavy (non-hydrogen) atoms. The van der Waals surface area contributed by atoms with E-state index in [0.29, 0.717) is 29.7 Å². The molecule has 11 heteroatoms. The van der Waals surface area contributed by atoms with Crippen molar-refractivity contribution in [3.8, 4) is 28.8 Å². The molecule has 2 amide bonds. The average Bonchev–Trinajstić information content (AvgIpc) is 3.72. The summed E-state index contributed by atoms with van der Waals surface area (Å²) >= 11 is 0. The second-order valence-corrected chi connectivity index (χ2v) is 10.4. The molecule has 1 aliphatic heterocycles. The highest BCUT2D eigenvalue weighted by atomic mass is 19.1. The molecule has 2 aromatic carbocycles. The number of likely N-dealkylation sites (tertiary alicyclic amines) is 1. The van der Waals surface area contributed by atoms with Crippen molar-refractivity contribution in [2.45, 2.75) is 51.2 Å². The van der Waals surface area contributed by atoms with Crippen molar-refractivity contribution in [3.05, 3.63) is 65.0 Å². The highest BCUT2D eigenvalue weighted by Crippen LogP contribution is 2.42. The summed E-state index contributed by atoms with van der Waals surface area (Å²) in [5.74, 6) is 3.14. The van der Waals surface area contributed by atoms with Gasteiger partial charge in [0.05, 0.1) is 17.7 Å². The van der Waals surface area contributed by atoms with E-state index in [1.165, 1.54) is 18.5 Å². The Morgan fingerprint density at radius 3 is 2.71 bits per heavy atom. The largest absolute Gasteiger partial charge is 0.485 e. The van der Waals surface area contributed by atoms with Crippen LogP contribution in [0.2, 0.25) is 0 Å². The first-order valence-corrected chi connectivity index (χ1v) is 13.6. The number of aromatic nitrogens is 2. The Balaban J connectivity index is 1.43. The van der Waals surface area contributed by atoms with Crippen LogP contribution in [-0.2, 0) is 9.53 Å². The van der Waals surface area contributed by atoms with Crippen LogP contribution in [0.3, 0.4) is 0 Å². The topological polar surface area (TPSA) is 120 Å². The molecule has 1 saturated carbocycles. The molecule has 9 nitrogen and oxygen atoms in total. The first-order valence-electron chi connectivity index (χ1n) is 13.6. The molecule has 2 heterocycles. The molecule has 0 unspecified atom stereocenters. The Kier molecular flexibility index (Phi) is 8.36. The molecule has 0 bridgehead atoms. The minimum Gasteiger partial charge on any atom is -0.485 e. The Hall–Kier alpha value is -4.56. The first-order chi connectivity index (χ1) is 20.2. The number of methoxy groups -OCH3 is 1. The van der Waals surface area contributed by atoms with Crippen LogP contribution in [0.1, 0.15) is 53.6 Å². The number of hydrogen-bond acceptors (Lipinski definition) is 7. The normalized spacial score (nSPS) is 17.9. The SMILES string of the molecule is CC#CC(=O)N1C[C@@H](OC)C[C@H]1COc1c(N)ncnc1-c1cc(F)cc(NC(=O)c2cccc(C3CC3)c2F)c1C. The van der Waals surface area contributed by atoms with E-state index in [9.17, 15) is 14.0 Å². The Labute approximate surface area is 242 Å². The molecule has 3 N–H and O–H groups in total. The van der Waals surface area contributed by atoms with Gasteiger partial charge in [-0.3, -0.25) is 9.59 Å². The highest BCUT2D eigenvalue weighted by Gasteiger charge is 2.36. The summed E-state index contributed by atoms with van der Waals surface area (Å²) in [5, 5.41) is 2.65. The second-order valence-electron chi connectivity index (χ2n) is 10.4. The number of carbonyl (C=O) groups is 2. The third-order valence-electron chi connectivity index (χ3n) is 7.62. The van der Waals surface area contributed by atoms with Crippen LogP contribution < -0.4 is 15.8 Å². The molecule has 0 radical (unpaired) electrons. The van der Waals surface area contributed by atoms with Gasteiger partial charge in [-0.2, -0.15) is 0 Å². The lowest BCUT2D eigenvalue weighted by molar-refractivity contribution is -0.126. The predicted molar refractivity (Wildman–Crippen MR) is 153 cm³/mol. The van der Waals surface area contributed by atoms with Gasteiger partial charge in [-0.05, 0) is 74.3 Å². The van der Waals surface area contributed by atoms with E-state index in [0.717, 1.165) is 18.9 Å². The number of ether oxygens (including phenoxy) is 2. The number of anilines is 2. The van der Waals surface area contributed by atoms with E-state index in [-0.39, 0.29) is 59.1 Å². The number of nitrogens with zero attached hydrogens (tertiary/aromatic N) is 3. The molecule has 2 aliphatic rings. The molecular formula is C31H31F2N5O4. The number of benzene rings is 2. The molecule has 1 aliphatic carbocycles.